The van der Waals surface area contributed by atoms with Crippen LogP contribution < -0.4 is 0 Å². The third kappa shape index (κ3) is 1.93. The number of aryl methyl sites for hydroxylation is 1. The number of fused-ring (bicyclic) bond motifs is 5. The van der Waals surface area contributed by atoms with Gasteiger partial charge in [0.15, 0.2) is 5.78 Å². The second kappa shape index (κ2) is 4.67. The van der Waals surface area contributed by atoms with Crippen LogP contribution in [0.5, 0.6) is 0 Å². The molecule has 0 saturated carbocycles. The van der Waals surface area contributed by atoms with Gasteiger partial charge in [0.25, 0.3) is 0 Å². The van der Waals surface area contributed by atoms with Crippen molar-refractivity contribution < 1.29 is 4.79 Å². The molecule has 21 heavy (non-hydrogen) atoms. The molecule has 4 rings (SSSR count). The highest BCUT2D eigenvalue weighted by molar-refractivity contribution is 9.10. The van der Waals surface area contributed by atoms with Crippen LogP contribution in [0, 0.1) is 0 Å². The molecule has 0 N–H and O–H groups in total. The largest absolute Gasteiger partial charge is 0.294 e. The van der Waals surface area contributed by atoms with Gasteiger partial charge < -0.3 is 0 Å². The normalized spacial score (nSPS) is 19.0. The van der Waals surface area contributed by atoms with Gasteiger partial charge in [-0.3, -0.25) is 4.79 Å². The molecule has 2 aromatic rings. The summed E-state index contributed by atoms with van der Waals surface area (Å²) in [5.74, 6) is 0.198. The molecule has 1 unspecified atom stereocenters. The molecule has 104 valence electrons. The number of halogens is 1. The zero-order valence-corrected chi connectivity index (χ0v) is 13.4. The highest BCUT2D eigenvalue weighted by Crippen LogP contribution is 2.40. The van der Waals surface area contributed by atoms with Gasteiger partial charge in [-0.15, -0.1) is 0 Å². The predicted molar refractivity (Wildman–Crippen MR) is 89.4 cm³/mol. The van der Waals surface area contributed by atoms with Crippen LogP contribution in [0.3, 0.4) is 0 Å². The lowest BCUT2D eigenvalue weighted by Crippen LogP contribution is -2.15. The summed E-state index contributed by atoms with van der Waals surface area (Å²) in [5.41, 5.74) is 7.92. The summed E-state index contributed by atoms with van der Waals surface area (Å²) < 4.78 is 1.14. The topological polar surface area (TPSA) is 17.1 Å². The van der Waals surface area contributed by atoms with Gasteiger partial charge in [0.2, 0.25) is 0 Å². The monoisotopic (exact) mass is 338 g/mol. The van der Waals surface area contributed by atoms with E-state index in [1.165, 1.54) is 33.4 Å². The van der Waals surface area contributed by atoms with Crippen LogP contribution >= 0.6 is 15.9 Å². The lowest BCUT2D eigenvalue weighted by molar-refractivity contribution is -0.115. The number of rotatable bonds is 0. The number of carbonyl (C=O) groups is 1. The van der Waals surface area contributed by atoms with E-state index in [9.17, 15) is 4.79 Å². The molecule has 1 nitrogen and oxygen atoms in total. The van der Waals surface area contributed by atoms with Crippen LogP contribution in [-0.2, 0) is 17.6 Å². The molecule has 2 aliphatic carbocycles. The second-order valence-electron chi connectivity index (χ2n) is 5.85. The molecule has 2 aliphatic rings. The minimum Gasteiger partial charge on any atom is -0.294 e. The van der Waals surface area contributed by atoms with E-state index in [0.29, 0.717) is 0 Å². The molecule has 0 heterocycles. The molecule has 0 saturated heterocycles. The van der Waals surface area contributed by atoms with Crippen molar-refractivity contribution in [2.24, 2.45) is 0 Å². The first-order valence-corrected chi connectivity index (χ1v) is 8.11. The lowest BCUT2D eigenvalue weighted by Gasteiger charge is -2.26. The van der Waals surface area contributed by atoms with E-state index in [2.05, 4.69) is 46.3 Å². The standard InChI is InChI=1S/C19H15BrO/c1-11-14-6-7-17-15-5-3-13(20)10-12(15)2-4-18(17)16(14)8-9-19(11)21/h3,5-11H,2,4H2,1H3. The maximum atomic E-state index is 11.9. The van der Waals surface area contributed by atoms with Crippen LogP contribution in [0.2, 0.25) is 0 Å². The Morgan fingerprint density at radius 2 is 1.86 bits per heavy atom. The van der Waals surface area contributed by atoms with Crippen LogP contribution in [-0.4, -0.2) is 5.78 Å². The summed E-state index contributed by atoms with van der Waals surface area (Å²) in [7, 11) is 0. The van der Waals surface area contributed by atoms with Crippen molar-refractivity contribution in [3.8, 4) is 11.1 Å². The minimum atomic E-state index is -0.0124. The summed E-state index contributed by atoms with van der Waals surface area (Å²) in [4.78, 5) is 11.9. The Morgan fingerprint density at radius 3 is 2.71 bits per heavy atom. The summed E-state index contributed by atoms with van der Waals surface area (Å²) in [6.07, 6.45) is 5.87. The second-order valence-corrected chi connectivity index (χ2v) is 6.77. The fourth-order valence-electron chi connectivity index (χ4n) is 3.53. The number of carbonyl (C=O) groups excluding carboxylic acids is 1. The number of hydrogen-bond donors (Lipinski definition) is 0. The van der Waals surface area contributed by atoms with Crippen molar-refractivity contribution in [1.29, 1.82) is 0 Å². The third-order valence-electron chi connectivity index (χ3n) is 4.70. The minimum absolute atomic E-state index is 0.0124. The Bertz CT molecular complexity index is 801. The van der Waals surface area contributed by atoms with Crippen molar-refractivity contribution >= 4 is 27.8 Å². The Morgan fingerprint density at radius 1 is 1.05 bits per heavy atom. The summed E-state index contributed by atoms with van der Waals surface area (Å²) >= 11 is 3.56. The van der Waals surface area contributed by atoms with Gasteiger partial charge >= 0.3 is 0 Å². The molecule has 0 bridgehead atoms. The van der Waals surface area contributed by atoms with E-state index >= 15 is 0 Å². The highest BCUT2D eigenvalue weighted by Gasteiger charge is 2.25. The molecule has 1 atom stereocenters. The number of benzene rings is 2. The molecule has 0 fully saturated rings. The smallest absolute Gasteiger partial charge is 0.162 e. The Kier molecular flexibility index (Phi) is 2.90. The molecule has 2 aromatic carbocycles. The summed E-state index contributed by atoms with van der Waals surface area (Å²) in [6.45, 7) is 2.00. The molecule has 0 aromatic heterocycles. The fourth-order valence-corrected chi connectivity index (χ4v) is 3.94. The predicted octanol–water partition coefficient (Wildman–Crippen LogP) is 4.91. The van der Waals surface area contributed by atoms with Gasteiger partial charge in [-0.2, -0.15) is 0 Å². The maximum absolute atomic E-state index is 11.9. The van der Waals surface area contributed by atoms with Gasteiger partial charge in [0, 0.05) is 10.4 Å². The first-order chi connectivity index (χ1) is 10.1. The third-order valence-corrected chi connectivity index (χ3v) is 5.19. The quantitative estimate of drug-likeness (QED) is 0.666. The molecule has 0 amide bonds. The van der Waals surface area contributed by atoms with Gasteiger partial charge in [-0.05, 0) is 64.4 Å². The summed E-state index contributed by atoms with van der Waals surface area (Å²) in [6, 6.07) is 10.9. The van der Waals surface area contributed by atoms with E-state index in [0.717, 1.165) is 17.3 Å². The van der Waals surface area contributed by atoms with E-state index in [1.807, 2.05) is 13.0 Å². The Labute approximate surface area is 132 Å². The molecule has 0 spiro atoms. The first-order valence-electron chi connectivity index (χ1n) is 7.31. The van der Waals surface area contributed by atoms with Gasteiger partial charge in [0.05, 0.1) is 0 Å². The molecule has 2 heteroatoms. The average Bonchev–Trinajstić information content (AvgIpc) is 2.49. The Balaban J connectivity index is 1.96. The van der Waals surface area contributed by atoms with Gasteiger partial charge in [-0.1, -0.05) is 47.1 Å². The first kappa shape index (κ1) is 13.0. The zero-order chi connectivity index (χ0) is 14.6. The molecular weight excluding hydrogens is 324 g/mol. The summed E-state index contributed by atoms with van der Waals surface area (Å²) in [5, 5.41) is 0. The van der Waals surface area contributed by atoms with Gasteiger partial charge in [0.1, 0.15) is 0 Å². The van der Waals surface area contributed by atoms with Gasteiger partial charge in [-0.25, -0.2) is 0 Å². The van der Waals surface area contributed by atoms with Crippen molar-refractivity contribution in [2.75, 3.05) is 0 Å². The molecule has 0 aliphatic heterocycles. The van der Waals surface area contributed by atoms with Crippen LogP contribution in [0.25, 0.3) is 17.2 Å². The van der Waals surface area contributed by atoms with Crippen molar-refractivity contribution in [2.45, 2.75) is 25.7 Å². The number of ketones is 1. The SMILES string of the molecule is CC1C(=O)C=Cc2c1ccc1c2CCc2cc(Br)ccc2-1. The number of hydrogen-bond acceptors (Lipinski definition) is 1. The van der Waals surface area contributed by atoms with Crippen LogP contribution in [0.15, 0.2) is 40.9 Å². The van der Waals surface area contributed by atoms with Crippen LogP contribution in [0.1, 0.15) is 35.1 Å². The maximum Gasteiger partial charge on any atom is 0.162 e. The lowest BCUT2D eigenvalue weighted by atomic mass is 9.77. The van der Waals surface area contributed by atoms with Crippen molar-refractivity contribution in [3.05, 3.63) is 63.1 Å². The van der Waals surface area contributed by atoms with E-state index in [4.69, 9.17) is 0 Å². The van der Waals surface area contributed by atoms with E-state index in [1.54, 1.807) is 6.08 Å². The van der Waals surface area contributed by atoms with Crippen LogP contribution in [0.4, 0.5) is 0 Å². The van der Waals surface area contributed by atoms with Crippen molar-refractivity contribution in [3.63, 3.8) is 0 Å². The van der Waals surface area contributed by atoms with E-state index < -0.39 is 0 Å². The number of allylic oxidation sites excluding steroid dienone is 1. The van der Waals surface area contributed by atoms with E-state index in [-0.39, 0.29) is 11.7 Å². The Hall–Kier alpha value is -1.67. The average molecular weight is 339 g/mol. The highest BCUT2D eigenvalue weighted by atomic mass is 79.9. The molecule has 0 radical (unpaired) electrons. The van der Waals surface area contributed by atoms with Crippen molar-refractivity contribution in [1.82, 2.24) is 0 Å². The molecular formula is C19H15BrO. The zero-order valence-electron chi connectivity index (χ0n) is 11.8. The fraction of sp³-hybridized carbons (Fsp3) is 0.211.